The maximum absolute atomic E-state index is 12.7. The van der Waals surface area contributed by atoms with E-state index in [1.807, 2.05) is 32.9 Å². The number of hydrogen-bond donors (Lipinski definition) is 1. The van der Waals surface area contributed by atoms with Crippen molar-refractivity contribution in [1.29, 1.82) is 0 Å². The second-order valence-corrected chi connectivity index (χ2v) is 7.17. The third-order valence-electron chi connectivity index (χ3n) is 3.76. The second kappa shape index (κ2) is 6.36. The Hall–Kier alpha value is -1.07. The van der Waals surface area contributed by atoms with Gasteiger partial charge in [0.25, 0.3) is 5.91 Å². The van der Waals surface area contributed by atoms with Gasteiger partial charge in [0, 0.05) is 23.0 Å². The van der Waals surface area contributed by atoms with Crippen LogP contribution in [0, 0.1) is 5.41 Å². The fourth-order valence-corrected chi connectivity index (χ4v) is 2.86. The summed E-state index contributed by atoms with van der Waals surface area (Å²) in [5, 5.41) is 9.44. The Labute approximate surface area is 134 Å². The zero-order chi connectivity index (χ0) is 15.6. The average molecular weight is 356 g/mol. The lowest BCUT2D eigenvalue weighted by atomic mass is 9.91. The first-order valence-electron chi connectivity index (χ1n) is 7.21. The van der Waals surface area contributed by atoms with Crippen LogP contribution in [0.15, 0.2) is 22.7 Å². The fourth-order valence-electron chi connectivity index (χ4n) is 2.52. The van der Waals surface area contributed by atoms with Crippen molar-refractivity contribution in [1.82, 2.24) is 4.90 Å². The average Bonchev–Trinajstić information content (AvgIpc) is 2.81. The zero-order valence-corrected chi connectivity index (χ0v) is 14.3. The van der Waals surface area contributed by atoms with Crippen LogP contribution < -0.4 is 4.74 Å². The Bertz CT molecular complexity index is 532. The summed E-state index contributed by atoms with van der Waals surface area (Å²) in [6.07, 6.45) is 0.832. The molecule has 1 aromatic carbocycles. The molecule has 1 fully saturated rings. The third-order valence-corrected chi connectivity index (χ3v) is 4.26. The number of benzene rings is 1. The Morgan fingerprint density at radius 3 is 2.81 bits per heavy atom. The molecule has 1 aliphatic rings. The highest BCUT2D eigenvalue weighted by Gasteiger charge is 2.36. The van der Waals surface area contributed by atoms with Crippen molar-refractivity contribution < 1.29 is 14.6 Å². The minimum atomic E-state index is -0.190. The van der Waals surface area contributed by atoms with E-state index in [0.717, 1.165) is 10.9 Å². The van der Waals surface area contributed by atoms with Gasteiger partial charge in [0.1, 0.15) is 5.75 Å². The molecule has 0 saturated carbocycles. The fraction of sp³-hybridized carbons (Fsp3) is 0.562. The lowest BCUT2D eigenvalue weighted by Crippen LogP contribution is -2.32. The van der Waals surface area contributed by atoms with Crippen LogP contribution in [0.25, 0.3) is 0 Å². The number of carbonyl (C=O) groups is 1. The van der Waals surface area contributed by atoms with Gasteiger partial charge in [0.05, 0.1) is 18.3 Å². The van der Waals surface area contributed by atoms with Crippen LogP contribution in [-0.4, -0.2) is 41.7 Å². The Kier molecular flexibility index (Phi) is 4.94. The van der Waals surface area contributed by atoms with Crippen LogP contribution in [0.1, 0.15) is 37.6 Å². The van der Waals surface area contributed by atoms with E-state index in [2.05, 4.69) is 15.9 Å². The molecular weight excluding hydrogens is 334 g/mol. The SMILES string of the molecule is CC(C)Oc1cc(Br)ccc1C(=O)N1CC[C@](C)(CO)C1. The summed E-state index contributed by atoms with van der Waals surface area (Å²) < 4.78 is 6.64. The molecule has 0 radical (unpaired) electrons. The summed E-state index contributed by atoms with van der Waals surface area (Å²) >= 11 is 3.41. The Balaban J connectivity index is 2.23. The van der Waals surface area contributed by atoms with Gasteiger partial charge in [-0.15, -0.1) is 0 Å². The van der Waals surface area contributed by atoms with E-state index in [4.69, 9.17) is 4.74 Å². The van der Waals surface area contributed by atoms with Gasteiger partial charge in [-0.25, -0.2) is 0 Å². The van der Waals surface area contributed by atoms with E-state index >= 15 is 0 Å². The minimum absolute atomic E-state index is 0.00661. The molecule has 1 aliphatic heterocycles. The standard InChI is InChI=1S/C16H22BrNO3/c1-11(2)21-14-8-12(17)4-5-13(14)15(20)18-7-6-16(3,9-18)10-19/h4-5,8,11,19H,6-7,9-10H2,1-3H3/t16-/m0/s1. The molecule has 4 nitrogen and oxygen atoms in total. The molecule has 1 heterocycles. The number of aliphatic hydroxyl groups excluding tert-OH is 1. The number of likely N-dealkylation sites (tertiary alicyclic amines) is 1. The summed E-state index contributed by atoms with van der Waals surface area (Å²) in [7, 11) is 0. The van der Waals surface area contributed by atoms with Gasteiger partial charge in [-0.05, 0) is 38.5 Å². The zero-order valence-electron chi connectivity index (χ0n) is 12.7. The second-order valence-electron chi connectivity index (χ2n) is 6.25. The predicted octanol–water partition coefficient (Wildman–Crippen LogP) is 3.08. The van der Waals surface area contributed by atoms with E-state index in [1.165, 1.54) is 0 Å². The van der Waals surface area contributed by atoms with E-state index in [0.29, 0.717) is 24.4 Å². The van der Waals surface area contributed by atoms with Crippen LogP contribution >= 0.6 is 15.9 Å². The van der Waals surface area contributed by atoms with Crippen molar-refractivity contribution in [2.45, 2.75) is 33.3 Å². The van der Waals surface area contributed by atoms with Crippen molar-refractivity contribution in [3.05, 3.63) is 28.2 Å². The molecule has 0 spiro atoms. The topological polar surface area (TPSA) is 49.8 Å². The van der Waals surface area contributed by atoms with Crippen molar-refractivity contribution in [3.63, 3.8) is 0 Å². The highest BCUT2D eigenvalue weighted by Crippen LogP contribution is 2.32. The largest absolute Gasteiger partial charge is 0.490 e. The molecule has 0 bridgehead atoms. The normalized spacial score (nSPS) is 21.9. The molecule has 1 amide bonds. The van der Waals surface area contributed by atoms with Gasteiger partial charge in [-0.3, -0.25) is 4.79 Å². The van der Waals surface area contributed by atoms with Crippen LogP contribution in [0.2, 0.25) is 0 Å². The highest BCUT2D eigenvalue weighted by molar-refractivity contribution is 9.10. The first-order valence-corrected chi connectivity index (χ1v) is 8.00. The van der Waals surface area contributed by atoms with Gasteiger partial charge in [0.15, 0.2) is 0 Å². The van der Waals surface area contributed by atoms with Gasteiger partial charge in [-0.1, -0.05) is 22.9 Å². The first kappa shape index (κ1) is 16.3. The third kappa shape index (κ3) is 3.77. The molecule has 2 rings (SSSR count). The van der Waals surface area contributed by atoms with E-state index in [1.54, 1.807) is 11.0 Å². The van der Waals surface area contributed by atoms with Crippen molar-refractivity contribution in [3.8, 4) is 5.75 Å². The van der Waals surface area contributed by atoms with Crippen LogP contribution in [0.4, 0.5) is 0 Å². The molecule has 116 valence electrons. The van der Waals surface area contributed by atoms with Crippen LogP contribution in [-0.2, 0) is 0 Å². The maximum atomic E-state index is 12.7. The van der Waals surface area contributed by atoms with Gasteiger partial charge >= 0.3 is 0 Å². The number of ether oxygens (including phenoxy) is 1. The molecular formula is C16H22BrNO3. The smallest absolute Gasteiger partial charge is 0.257 e. The Morgan fingerprint density at radius 2 is 2.24 bits per heavy atom. The summed E-state index contributed by atoms with van der Waals surface area (Å²) in [4.78, 5) is 14.5. The van der Waals surface area contributed by atoms with Gasteiger partial charge in [0.2, 0.25) is 0 Å². The summed E-state index contributed by atoms with van der Waals surface area (Å²) in [5.41, 5.74) is 0.387. The Morgan fingerprint density at radius 1 is 1.52 bits per heavy atom. The molecule has 21 heavy (non-hydrogen) atoms. The van der Waals surface area contributed by atoms with E-state index < -0.39 is 0 Å². The summed E-state index contributed by atoms with van der Waals surface area (Å²) in [5.74, 6) is 0.567. The number of carbonyl (C=O) groups excluding carboxylic acids is 1. The maximum Gasteiger partial charge on any atom is 0.257 e. The molecule has 5 heteroatoms. The molecule has 1 aromatic rings. The van der Waals surface area contributed by atoms with Crippen molar-refractivity contribution in [2.75, 3.05) is 19.7 Å². The van der Waals surface area contributed by atoms with Gasteiger partial charge in [-0.2, -0.15) is 0 Å². The highest BCUT2D eigenvalue weighted by atomic mass is 79.9. The molecule has 0 aromatic heterocycles. The number of hydrogen-bond acceptors (Lipinski definition) is 3. The molecule has 1 atom stereocenters. The summed E-state index contributed by atoms with van der Waals surface area (Å²) in [6, 6.07) is 5.47. The summed E-state index contributed by atoms with van der Waals surface area (Å²) in [6.45, 7) is 7.24. The molecule has 0 aliphatic carbocycles. The first-order chi connectivity index (χ1) is 9.84. The minimum Gasteiger partial charge on any atom is -0.490 e. The predicted molar refractivity (Wildman–Crippen MR) is 85.6 cm³/mol. The number of nitrogens with zero attached hydrogens (tertiary/aromatic N) is 1. The number of aliphatic hydroxyl groups is 1. The lowest BCUT2D eigenvalue weighted by Gasteiger charge is -2.23. The molecule has 1 saturated heterocycles. The van der Waals surface area contributed by atoms with E-state index in [9.17, 15) is 9.90 Å². The molecule has 0 unspecified atom stereocenters. The number of amides is 1. The van der Waals surface area contributed by atoms with Crippen LogP contribution in [0.3, 0.4) is 0 Å². The lowest BCUT2D eigenvalue weighted by molar-refractivity contribution is 0.0747. The van der Waals surface area contributed by atoms with E-state index in [-0.39, 0.29) is 24.0 Å². The number of rotatable bonds is 4. The molecule has 1 N–H and O–H groups in total. The van der Waals surface area contributed by atoms with Crippen LogP contribution in [0.5, 0.6) is 5.75 Å². The number of halogens is 1. The monoisotopic (exact) mass is 355 g/mol. The van der Waals surface area contributed by atoms with Crippen molar-refractivity contribution in [2.24, 2.45) is 5.41 Å². The van der Waals surface area contributed by atoms with Gasteiger partial charge < -0.3 is 14.7 Å². The van der Waals surface area contributed by atoms with Crippen molar-refractivity contribution >= 4 is 21.8 Å². The quantitative estimate of drug-likeness (QED) is 0.902.